The van der Waals surface area contributed by atoms with Gasteiger partial charge >= 0.3 is 0 Å². The van der Waals surface area contributed by atoms with Crippen LogP contribution >= 0.6 is 11.6 Å². The van der Waals surface area contributed by atoms with E-state index in [1.54, 1.807) is 41.4 Å². The summed E-state index contributed by atoms with van der Waals surface area (Å²) in [6, 6.07) is 18.6. The van der Waals surface area contributed by atoms with Gasteiger partial charge in [0.2, 0.25) is 0 Å². The van der Waals surface area contributed by atoms with Gasteiger partial charge in [-0.2, -0.15) is 0 Å². The lowest BCUT2D eigenvalue weighted by atomic mass is 9.90. The number of carbonyl (C=O) groups excluding carboxylic acids is 1. The van der Waals surface area contributed by atoms with Gasteiger partial charge in [-0.15, -0.1) is 0 Å². The molecule has 2 heterocycles. The van der Waals surface area contributed by atoms with E-state index >= 15 is 0 Å². The van der Waals surface area contributed by atoms with Crippen LogP contribution in [0.25, 0.3) is 0 Å². The lowest BCUT2D eigenvalue weighted by Crippen LogP contribution is -2.42. The average Bonchev–Trinajstić information content (AvgIpc) is 2.94. The molecule has 2 aromatic carbocycles. The quantitative estimate of drug-likeness (QED) is 0.674. The molecule has 4 rings (SSSR count). The largest absolute Gasteiger partial charge is 0.495 e. The summed E-state index contributed by atoms with van der Waals surface area (Å²) in [5.41, 5.74) is 1.06. The highest BCUT2D eigenvalue weighted by Gasteiger charge is 2.50. The first-order chi connectivity index (χ1) is 14.0. The Kier molecular flexibility index (Phi) is 5.26. The van der Waals surface area contributed by atoms with Crippen LogP contribution in [0.4, 0.5) is 5.69 Å². The van der Waals surface area contributed by atoms with E-state index in [0.29, 0.717) is 40.7 Å². The second-order valence-electron chi connectivity index (χ2n) is 7.04. The molecule has 1 N–H and O–H groups in total. The van der Waals surface area contributed by atoms with Crippen molar-refractivity contribution in [1.82, 2.24) is 4.98 Å². The molecule has 0 radical (unpaired) electrons. The molecule has 6 heteroatoms. The highest BCUT2D eigenvalue weighted by Crippen LogP contribution is 2.44. The predicted molar refractivity (Wildman–Crippen MR) is 112 cm³/mol. The summed E-state index contributed by atoms with van der Waals surface area (Å²) in [6.07, 6.45) is 2.30. The van der Waals surface area contributed by atoms with Crippen molar-refractivity contribution in [1.29, 1.82) is 0 Å². The summed E-state index contributed by atoms with van der Waals surface area (Å²) >= 11 is 6.20. The van der Waals surface area contributed by atoms with Crippen LogP contribution in [-0.2, 0) is 23.2 Å². The van der Waals surface area contributed by atoms with Gasteiger partial charge in [-0.25, -0.2) is 0 Å². The van der Waals surface area contributed by atoms with Crippen LogP contribution in [0.15, 0.2) is 66.9 Å². The lowest BCUT2D eigenvalue weighted by Gasteiger charge is -2.23. The second kappa shape index (κ2) is 7.85. The number of ether oxygens (including phenoxy) is 1. The molecule has 5 nitrogen and oxygen atoms in total. The minimum absolute atomic E-state index is 0.00499. The fourth-order valence-corrected chi connectivity index (χ4v) is 3.96. The Morgan fingerprint density at radius 3 is 2.69 bits per heavy atom. The van der Waals surface area contributed by atoms with Crippen LogP contribution in [0, 0.1) is 0 Å². The Morgan fingerprint density at radius 1 is 1.14 bits per heavy atom. The minimum Gasteiger partial charge on any atom is -0.495 e. The number of rotatable bonds is 6. The summed E-state index contributed by atoms with van der Waals surface area (Å²) in [5.74, 6) is 0.151. The summed E-state index contributed by atoms with van der Waals surface area (Å²) in [5, 5.41) is 12.0. The third-order valence-corrected chi connectivity index (χ3v) is 5.49. The van der Waals surface area contributed by atoms with Crippen LogP contribution in [0.2, 0.25) is 5.02 Å². The molecule has 0 spiro atoms. The van der Waals surface area contributed by atoms with Gasteiger partial charge < -0.3 is 14.7 Å². The first kappa shape index (κ1) is 19.4. The number of halogens is 1. The van der Waals surface area contributed by atoms with Gasteiger partial charge in [0.05, 0.1) is 18.5 Å². The lowest BCUT2D eigenvalue weighted by molar-refractivity contribution is -0.136. The van der Waals surface area contributed by atoms with Crippen molar-refractivity contribution in [2.24, 2.45) is 0 Å². The molecule has 1 amide bonds. The number of aliphatic hydroxyl groups is 1. The zero-order valence-corrected chi connectivity index (χ0v) is 16.8. The number of fused-ring (bicyclic) bond motifs is 1. The number of hydrogen-bond acceptors (Lipinski definition) is 4. The first-order valence-electron chi connectivity index (χ1n) is 9.39. The van der Waals surface area contributed by atoms with Crippen LogP contribution in [-0.4, -0.2) is 29.7 Å². The third kappa shape index (κ3) is 3.59. The molecule has 0 bridgehead atoms. The van der Waals surface area contributed by atoms with Crippen LogP contribution in [0.5, 0.6) is 5.75 Å². The number of pyridine rings is 1. The maximum absolute atomic E-state index is 13.4. The van der Waals surface area contributed by atoms with Gasteiger partial charge in [0.1, 0.15) is 5.75 Å². The normalized spacial score (nSPS) is 18.0. The van der Waals surface area contributed by atoms with Crippen LogP contribution in [0.1, 0.15) is 16.8 Å². The number of carbonyl (C=O) groups is 1. The van der Waals surface area contributed by atoms with Crippen molar-refractivity contribution in [3.63, 3.8) is 0 Å². The maximum Gasteiger partial charge on any atom is 0.264 e. The summed E-state index contributed by atoms with van der Waals surface area (Å²) < 4.78 is 5.36. The predicted octanol–water partition coefficient (Wildman–Crippen LogP) is 3.76. The highest BCUT2D eigenvalue weighted by atomic mass is 35.5. The number of amides is 1. The van der Waals surface area contributed by atoms with E-state index in [9.17, 15) is 9.90 Å². The molecular formula is C23H21ClN2O3. The summed E-state index contributed by atoms with van der Waals surface area (Å²) in [7, 11) is 1.54. The topological polar surface area (TPSA) is 62.7 Å². The molecule has 1 aliphatic rings. The highest BCUT2D eigenvalue weighted by molar-refractivity contribution is 6.31. The van der Waals surface area contributed by atoms with Crippen molar-refractivity contribution in [3.8, 4) is 5.75 Å². The van der Waals surface area contributed by atoms with E-state index in [4.69, 9.17) is 16.3 Å². The van der Waals surface area contributed by atoms with E-state index in [-0.39, 0.29) is 12.3 Å². The zero-order valence-electron chi connectivity index (χ0n) is 16.0. The Hall–Kier alpha value is -2.89. The first-order valence-corrected chi connectivity index (χ1v) is 9.77. The van der Waals surface area contributed by atoms with Crippen molar-refractivity contribution in [2.75, 3.05) is 18.6 Å². The minimum atomic E-state index is -1.75. The second-order valence-corrected chi connectivity index (χ2v) is 7.48. The molecule has 1 aliphatic heterocycles. The molecule has 29 heavy (non-hydrogen) atoms. The Morgan fingerprint density at radius 2 is 1.93 bits per heavy atom. The Balaban J connectivity index is 1.69. The van der Waals surface area contributed by atoms with E-state index in [1.165, 1.54) is 7.11 Å². The average molecular weight is 409 g/mol. The third-order valence-electron chi connectivity index (χ3n) is 5.25. The van der Waals surface area contributed by atoms with E-state index in [0.717, 1.165) is 5.56 Å². The van der Waals surface area contributed by atoms with Crippen molar-refractivity contribution < 1.29 is 14.6 Å². The summed E-state index contributed by atoms with van der Waals surface area (Å²) in [6.45, 7) is 0.457. The molecule has 148 valence electrons. The van der Waals surface area contributed by atoms with Gasteiger partial charge in [-0.1, -0.05) is 41.9 Å². The van der Waals surface area contributed by atoms with Gasteiger partial charge in [0, 0.05) is 29.7 Å². The molecule has 1 atom stereocenters. The SMILES string of the molecule is COc1cccnc1CC1(O)C(=O)N(CCc2ccccc2)c2ccc(Cl)cc21. The molecule has 1 unspecified atom stereocenters. The van der Waals surface area contributed by atoms with Gasteiger partial charge in [0.15, 0.2) is 5.60 Å². The van der Waals surface area contributed by atoms with Crippen LogP contribution in [0.3, 0.4) is 0 Å². The molecule has 3 aromatic rings. The molecular weight excluding hydrogens is 388 g/mol. The smallest absolute Gasteiger partial charge is 0.264 e. The molecule has 0 saturated carbocycles. The number of methoxy groups -OCH3 is 1. The Labute approximate surface area is 174 Å². The van der Waals surface area contributed by atoms with Crippen molar-refractivity contribution >= 4 is 23.2 Å². The number of nitrogens with zero attached hydrogens (tertiary/aromatic N) is 2. The molecule has 0 aliphatic carbocycles. The van der Waals surface area contributed by atoms with Crippen LogP contribution < -0.4 is 9.64 Å². The maximum atomic E-state index is 13.4. The van der Waals surface area contributed by atoms with Crippen molar-refractivity contribution in [2.45, 2.75) is 18.4 Å². The van der Waals surface area contributed by atoms with Gasteiger partial charge in [0.25, 0.3) is 5.91 Å². The molecule has 0 saturated heterocycles. The monoisotopic (exact) mass is 408 g/mol. The fraction of sp³-hybridized carbons (Fsp3) is 0.217. The standard InChI is InChI=1S/C23H21ClN2O3/c1-29-21-8-5-12-25-19(21)15-23(28)18-14-17(24)9-10-20(18)26(22(23)27)13-11-16-6-3-2-4-7-16/h2-10,12,14,28H,11,13,15H2,1H3. The van der Waals surface area contributed by atoms with E-state index in [1.807, 2.05) is 30.3 Å². The number of benzene rings is 2. The zero-order chi connectivity index (χ0) is 20.4. The Bertz CT molecular complexity index is 1040. The molecule has 1 aromatic heterocycles. The van der Waals surface area contributed by atoms with E-state index < -0.39 is 5.60 Å². The van der Waals surface area contributed by atoms with Gasteiger partial charge in [-0.05, 0) is 42.3 Å². The molecule has 0 fully saturated rings. The fourth-order valence-electron chi connectivity index (χ4n) is 3.79. The van der Waals surface area contributed by atoms with Gasteiger partial charge in [-0.3, -0.25) is 9.78 Å². The number of aromatic nitrogens is 1. The van der Waals surface area contributed by atoms with Crippen molar-refractivity contribution in [3.05, 3.63) is 88.7 Å². The number of hydrogen-bond donors (Lipinski definition) is 1. The number of anilines is 1. The van der Waals surface area contributed by atoms with E-state index in [2.05, 4.69) is 4.98 Å². The summed E-state index contributed by atoms with van der Waals surface area (Å²) in [4.78, 5) is 19.3.